The van der Waals surface area contributed by atoms with E-state index in [9.17, 15) is 4.79 Å². The number of rotatable bonds is 5. The molecule has 2 N–H and O–H groups in total. The lowest BCUT2D eigenvalue weighted by molar-refractivity contribution is -0.144. The highest BCUT2D eigenvalue weighted by molar-refractivity contribution is 5.87. The monoisotopic (exact) mass is 318 g/mol. The van der Waals surface area contributed by atoms with E-state index in [0.717, 1.165) is 22.2 Å². The number of para-hydroxylation sites is 1. The first-order chi connectivity index (χ1) is 11.2. The topological polar surface area (TPSA) is 72.6 Å². The lowest BCUT2D eigenvalue weighted by Crippen LogP contribution is -2.46. The van der Waals surface area contributed by atoms with Gasteiger partial charge in [0.1, 0.15) is 6.04 Å². The summed E-state index contributed by atoms with van der Waals surface area (Å²) in [6.07, 6.45) is 0.858. The Bertz CT molecular complexity index is 693. The van der Waals surface area contributed by atoms with E-state index in [1.165, 1.54) is 7.11 Å². The van der Waals surface area contributed by atoms with E-state index in [2.05, 4.69) is 16.4 Å². The molecule has 6 heteroatoms. The minimum absolute atomic E-state index is 0.0693. The number of hydrogen-bond acceptors (Lipinski definition) is 5. The first-order valence-corrected chi connectivity index (χ1v) is 7.66. The molecule has 0 unspecified atom stereocenters. The molecule has 0 bridgehead atoms. The Morgan fingerprint density at radius 1 is 1.26 bits per heavy atom. The molecule has 0 fully saturated rings. The largest absolute Gasteiger partial charge is 0.468 e. The third-order valence-electron chi connectivity index (χ3n) is 4.45. The summed E-state index contributed by atoms with van der Waals surface area (Å²) in [5, 5.41) is 4.50. The highest BCUT2D eigenvalue weighted by Gasteiger charge is 2.34. The van der Waals surface area contributed by atoms with Crippen LogP contribution in [0.25, 0.3) is 10.9 Å². The van der Waals surface area contributed by atoms with E-state index in [1.807, 2.05) is 18.2 Å². The summed E-state index contributed by atoms with van der Waals surface area (Å²) in [4.78, 5) is 15.5. The number of benzene rings is 1. The maximum atomic E-state index is 12.0. The van der Waals surface area contributed by atoms with Crippen LogP contribution in [0.3, 0.4) is 0 Å². The Morgan fingerprint density at radius 3 is 2.70 bits per heavy atom. The van der Waals surface area contributed by atoms with Crippen molar-refractivity contribution in [3.63, 3.8) is 0 Å². The molecule has 23 heavy (non-hydrogen) atoms. The van der Waals surface area contributed by atoms with E-state index in [4.69, 9.17) is 14.2 Å². The van der Waals surface area contributed by atoms with Gasteiger partial charge in [-0.3, -0.25) is 10.1 Å². The molecule has 2 heterocycles. The molecule has 0 amide bonds. The predicted octanol–water partition coefficient (Wildman–Crippen LogP) is 1.91. The molecule has 0 spiro atoms. The summed E-state index contributed by atoms with van der Waals surface area (Å²) < 4.78 is 15.6. The zero-order valence-corrected chi connectivity index (χ0v) is 13.6. The average Bonchev–Trinajstić information content (AvgIpc) is 2.97. The molecular weight excluding hydrogens is 296 g/mol. The van der Waals surface area contributed by atoms with Gasteiger partial charge in [0.25, 0.3) is 0 Å². The average molecular weight is 318 g/mol. The van der Waals surface area contributed by atoms with Gasteiger partial charge >= 0.3 is 5.97 Å². The third-order valence-corrected chi connectivity index (χ3v) is 4.45. The van der Waals surface area contributed by atoms with Gasteiger partial charge in [-0.25, -0.2) is 0 Å². The van der Waals surface area contributed by atoms with Crippen LogP contribution in [0.5, 0.6) is 0 Å². The molecule has 1 aliphatic heterocycles. The second kappa shape index (κ2) is 6.70. The highest BCUT2D eigenvalue weighted by atomic mass is 16.7. The summed E-state index contributed by atoms with van der Waals surface area (Å²) in [5.41, 5.74) is 3.32. The molecule has 3 rings (SSSR count). The molecular formula is C17H22N2O4. The maximum absolute atomic E-state index is 12.0. The third kappa shape index (κ3) is 2.97. The number of ether oxygens (including phenoxy) is 3. The SMILES string of the molecule is COC(=O)[C@@H]1Cc2c([nH]c3ccccc23)[C@@H](CC(OC)OC)N1. The van der Waals surface area contributed by atoms with E-state index in [-0.39, 0.29) is 24.3 Å². The van der Waals surface area contributed by atoms with Crippen molar-refractivity contribution in [2.24, 2.45) is 0 Å². The molecule has 124 valence electrons. The lowest BCUT2D eigenvalue weighted by Gasteiger charge is -2.31. The number of hydrogen-bond donors (Lipinski definition) is 2. The zero-order chi connectivity index (χ0) is 16.4. The number of esters is 1. The van der Waals surface area contributed by atoms with Gasteiger partial charge in [-0.1, -0.05) is 18.2 Å². The van der Waals surface area contributed by atoms with Crippen molar-refractivity contribution < 1.29 is 19.0 Å². The zero-order valence-electron chi connectivity index (χ0n) is 13.6. The smallest absolute Gasteiger partial charge is 0.323 e. The second-order valence-corrected chi connectivity index (χ2v) is 5.70. The van der Waals surface area contributed by atoms with Gasteiger partial charge in [-0.2, -0.15) is 0 Å². The summed E-state index contributed by atoms with van der Waals surface area (Å²) >= 11 is 0. The summed E-state index contributed by atoms with van der Waals surface area (Å²) in [6.45, 7) is 0. The number of methoxy groups -OCH3 is 3. The van der Waals surface area contributed by atoms with Crippen LogP contribution in [0.4, 0.5) is 0 Å². The first kappa shape index (κ1) is 16.0. The predicted molar refractivity (Wildman–Crippen MR) is 86.1 cm³/mol. The molecule has 2 aromatic rings. The minimum Gasteiger partial charge on any atom is -0.468 e. The van der Waals surface area contributed by atoms with E-state index in [1.54, 1.807) is 14.2 Å². The van der Waals surface area contributed by atoms with Crippen LogP contribution in [-0.4, -0.2) is 44.6 Å². The standard InChI is InChI=1S/C17H22N2O4/c1-21-15(22-2)9-13-16-11(8-14(18-13)17(20)23-3)10-6-4-5-7-12(10)19-16/h4-7,13-15,18-19H,8-9H2,1-3H3/t13-,14+/m1/s1. The highest BCUT2D eigenvalue weighted by Crippen LogP contribution is 2.34. The Hall–Kier alpha value is -1.89. The van der Waals surface area contributed by atoms with Crippen LogP contribution >= 0.6 is 0 Å². The van der Waals surface area contributed by atoms with Crippen molar-refractivity contribution in [2.45, 2.75) is 31.2 Å². The summed E-state index contributed by atoms with van der Waals surface area (Å²) in [6, 6.07) is 7.69. The van der Waals surface area contributed by atoms with Crippen molar-refractivity contribution in [3.05, 3.63) is 35.5 Å². The van der Waals surface area contributed by atoms with Crippen LogP contribution in [0.2, 0.25) is 0 Å². The molecule has 0 saturated heterocycles. The van der Waals surface area contributed by atoms with Crippen LogP contribution in [0.15, 0.2) is 24.3 Å². The number of H-pyrrole nitrogens is 1. The van der Waals surface area contributed by atoms with Gasteiger partial charge in [-0.15, -0.1) is 0 Å². The molecule has 1 aromatic heterocycles. The second-order valence-electron chi connectivity index (χ2n) is 5.70. The van der Waals surface area contributed by atoms with Crippen molar-refractivity contribution >= 4 is 16.9 Å². The van der Waals surface area contributed by atoms with Gasteiger partial charge in [0.05, 0.1) is 13.2 Å². The fourth-order valence-corrected chi connectivity index (χ4v) is 3.29. The number of aromatic nitrogens is 1. The first-order valence-electron chi connectivity index (χ1n) is 7.66. The Morgan fingerprint density at radius 2 is 2.00 bits per heavy atom. The number of aromatic amines is 1. The van der Waals surface area contributed by atoms with Gasteiger partial charge in [0.15, 0.2) is 6.29 Å². The van der Waals surface area contributed by atoms with Crippen LogP contribution < -0.4 is 5.32 Å². The molecule has 0 saturated carbocycles. The van der Waals surface area contributed by atoms with Crippen LogP contribution in [-0.2, 0) is 25.4 Å². The van der Waals surface area contributed by atoms with Gasteiger partial charge in [0.2, 0.25) is 0 Å². The van der Waals surface area contributed by atoms with Crippen molar-refractivity contribution in [1.82, 2.24) is 10.3 Å². The van der Waals surface area contributed by atoms with Crippen molar-refractivity contribution in [1.29, 1.82) is 0 Å². The molecule has 2 atom stereocenters. The Balaban J connectivity index is 2.00. The number of fused-ring (bicyclic) bond motifs is 3. The van der Waals surface area contributed by atoms with Gasteiger partial charge in [-0.05, 0) is 11.6 Å². The van der Waals surface area contributed by atoms with E-state index in [0.29, 0.717) is 12.8 Å². The normalized spacial score (nSPS) is 20.7. The van der Waals surface area contributed by atoms with Gasteiger partial charge < -0.3 is 19.2 Å². The Kier molecular flexibility index (Phi) is 4.66. The molecule has 1 aliphatic rings. The quantitative estimate of drug-likeness (QED) is 0.651. The molecule has 6 nitrogen and oxygen atoms in total. The van der Waals surface area contributed by atoms with Crippen LogP contribution in [0.1, 0.15) is 23.7 Å². The maximum Gasteiger partial charge on any atom is 0.323 e. The van der Waals surface area contributed by atoms with E-state index < -0.39 is 0 Å². The summed E-state index contributed by atoms with van der Waals surface area (Å²) in [5.74, 6) is -0.252. The van der Waals surface area contributed by atoms with Crippen LogP contribution in [0, 0.1) is 0 Å². The number of carbonyl (C=O) groups excluding carboxylic acids is 1. The molecule has 0 radical (unpaired) electrons. The molecule has 0 aliphatic carbocycles. The fourth-order valence-electron chi connectivity index (χ4n) is 3.29. The van der Waals surface area contributed by atoms with E-state index >= 15 is 0 Å². The fraction of sp³-hybridized carbons (Fsp3) is 0.471. The van der Waals surface area contributed by atoms with Crippen molar-refractivity contribution in [2.75, 3.05) is 21.3 Å². The van der Waals surface area contributed by atoms with Gasteiger partial charge in [0, 0.05) is 43.7 Å². The molecule has 1 aromatic carbocycles. The minimum atomic E-state index is -0.369. The number of nitrogens with one attached hydrogen (secondary N) is 2. The summed E-state index contributed by atoms with van der Waals surface area (Å²) in [7, 11) is 4.64. The lowest BCUT2D eigenvalue weighted by atomic mass is 9.92. The Labute approximate surface area is 135 Å². The van der Waals surface area contributed by atoms with Crippen molar-refractivity contribution in [3.8, 4) is 0 Å². The number of carbonyl (C=O) groups is 1.